The lowest BCUT2D eigenvalue weighted by atomic mass is 9.77. The molecular formula is C32H32BNO2. The molecule has 1 aliphatic heterocycles. The summed E-state index contributed by atoms with van der Waals surface area (Å²) >= 11 is 0. The van der Waals surface area contributed by atoms with Gasteiger partial charge in [-0.15, -0.1) is 0 Å². The zero-order chi connectivity index (χ0) is 25.3. The molecule has 0 radical (unpaired) electrons. The predicted molar refractivity (Wildman–Crippen MR) is 148 cm³/mol. The van der Waals surface area contributed by atoms with Crippen molar-refractivity contribution in [1.29, 1.82) is 0 Å². The maximum absolute atomic E-state index is 6.31. The highest BCUT2D eigenvalue weighted by Crippen LogP contribution is 2.50. The SMILES string of the molecule is CC1(C)c2cc(-c3cccc(B4OC(C)(C)C(C)(C)O4)c3)ccc2-c2ccc(-c3ccccn3)cc21. The van der Waals surface area contributed by atoms with Crippen LogP contribution in [0.5, 0.6) is 0 Å². The van der Waals surface area contributed by atoms with E-state index in [1.165, 1.54) is 33.4 Å². The van der Waals surface area contributed by atoms with Crippen molar-refractivity contribution in [2.75, 3.05) is 0 Å². The van der Waals surface area contributed by atoms with E-state index >= 15 is 0 Å². The normalized spacial score (nSPS) is 18.7. The summed E-state index contributed by atoms with van der Waals surface area (Å²) in [5.74, 6) is 0. The van der Waals surface area contributed by atoms with Crippen LogP contribution in [0.4, 0.5) is 0 Å². The van der Waals surface area contributed by atoms with E-state index in [0.717, 1.165) is 16.7 Å². The van der Waals surface area contributed by atoms with Crippen LogP contribution in [0.2, 0.25) is 0 Å². The Bertz CT molecular complexity index is 1460. The summed E-state index contributed by atoms with van der Waals surface area (Å²) < 4.78 is 12.6. The molecule has 6 rings (SSSR count). The molecule has 4 heteroatoms. The summed E-state index contributed by atoms with van der Waals surface area (Å²) in [5.41, 5.74) is 10.1. The van der Waals surface area contributed by atoms with Crippen molar-refractivity contribution < 1.29 is 9.31 Å². The molecule has 36 heavy (non-hydrogen) atoms. The van der Waals surface area contributed by atoms with Crippen LogP contribution in [-0.4, -0.2) is 23.3 Å². The number of fused-ring (bicyclic) bond motifs is 3. The fourth-order valence-corrected chi connectivity index (χ4v) is 5.45. The van der Waals surface area contributed by atoms with Crippen LogP contribution < -0.4 is 5.46 Å². The molecule has 4 aromatic rings. The second kappa shape index (κ2) is 7.90. The summed E-state index contributed by atoms with van der Waals surface area (Å²) in [7, 11) is -0.366. The van der Waals surface area contributed by atoms with Gasteiger partial charge in [0, 0.05) is 17.2 Å². The molecule has 3 aromatic carbocycles. The van der Waals surface area contributed by atoms with Crippen LogP contribution in [0.15, 0.2) is 85.1 Å². The average Bonchev–Trinajstić information content (AvgIpc) is 3.23. The van der Waals surface area contributed by atoms with E-state index in [4.69, 9.17) is 9.31 Å². The Balaban J connectivity index is 1.37. The standard InChI is InChI=1S/C32H32BNO2/c1-30(2)27-19-22(21-10-9-11-24(18-21)33-35-31(3,4)32(5,6)36-33)13-15-25(27)26-16-14-23(20-28(26)30)29-12-7-8-17-34-29/h7-20H,1-6H3. The van der Waals surface area contributed by atoms with E-state index in [9.17, 15) is 0 Å². The van der Waals surface area contributed by atoms with Gasteiger partial charge in [-0.25, -0.2) is 0 Å². The Kier molecular flexibility index (Phi) is 5.09. The maximum Gasteiger partial charge on any atom is 0.494 e. The van der Waals surface area contributed by atoms with E-state index in [1.807, 2.05) is 18.3 Å². The Hall–Kier alpha value is -3.21. The Labute approximate surface area is 214 Å². The van der Waals surface area contributed by atoms with Crippen LogP contribution in [0.25, 0.3) is 33.5 Å². The third kappa shape index (κ3) is 3.55. The van der Waals surface area contributed by atoms with Crippen LogP contribution in [0, 0.1) is 0 Å². The van der Waals surface area contributed by atoms with Crippen molar-refractivity contribution in [2.24, 2.45) is 0 Å². The predicted octanol–water partition coefficient (Wildman–Crippen LogP) is 7.02. The number of hydrogen-bond donors (Lipinski definition) is 0. The molecule has 0 saturated carbocycles. The van der Waals surface area contributed by atoms with Crippen molar-refractivity contribution in [3.8, 4) is 33.5 Å². The summed E-state index contributed by atoms with van der Waals surface area (Å²) in [6, 6.07) is 28.3. The zero-order valence-electron chi connectivity index (χ0n) is 21.9. The molecule has 0 atom stereocenters. The van der Waals surface area contributed by atoms with Gasteiger partial charge < -0.3 is 9.31 Å². The summed E-state index contributed by atoms with van der Waals surface area (Å²) in [4.78, 5) is 4.56. The van der Waals surface area contributed by atoms with Gasteiger partial charge in [0.2, 0.25) is 0 Å². The second-order valence-electron chi connectivity index (χ2n) is 11.6. The quantitative estimate of drug-likeness (QED) is 0.300. The van der Waals surface area contributed by atoms with Crippen LogP contribution >= 0.6 is 0 Å². The van der Waals surface area contributed by atoms with Crippen molar-refractivity contribution in [2.45, 2.75) is 58.2 Å². The number of rotatable bonds is 3. The number of aromatic nitrogens is 1. The lowest BCUT2D eigenvalue weighted by molar-refractivity contribution is 0.00578. The van der Waals surface area contributed by atoms with Gasteiger partial charge >= 0.3 is 7.12 Å². The molecule has 2 heterocycles. The number of hydrogen-bond acceptors (Lipinski definition) is 3. The van der Waals surface area contributed by atoms with E-state index in [-0.39, 0.29) is 23.7 Å². The number of pyridine rings is 1. The first kappa shape index (κ1) is 23.2. The van der Waals surface area contributed by atoms with Crippen LogP contribution in [0.1, 0.15) is 52.7 Å². The molecule has 1 aromatic heterocycles. The smallest absolute Gasteiger partial charge is 0.399 e. The third-order valence-corrected chi connectivity index (χ3v) is 8.38. The van der Waals surface area contributed by atoms with Crippen LogP contribution in [0.3, 0.4) is 0 Å². The van der Waals surface area contributed by atoms with E-state index in [1.54, 1.807) is 0 Å². The first-order valence-electron chi connectivity index (χ1n) is 12.7. The molecule has 0 unspecified atom stereocenters. The second-order valence-corrected chi connectivity index (χ2v) is 11.6. The van der Waals surface area contributed by atoms with Crippen molar-refractivity contribution >= 4 is 12.6 Å². The summed E-state index contributed by atoms with van der Waals surface area (Å²) in [5, 5.41) is 0. The lowest BCUT2D eigenvalue weighted by Crippen LogP contribution is -2.41. The molecule has 1 saturated heterocycles. The highest BCUT2D eigenvalue weighted by molar-refractivity contribution is 6.62. The van der Waals surface area contributed by atoms with Crippen LogP contribution in [-0.2, 0) is 14.7 Å². The highest BCUT2D eigenvalue weighted by atomic mass is 16.7. The fraction of sp³-hybridized carbons (Fsp3) is 0.281. The average molecular weight is 473 g/mol. The minimum Gasteiger partial charge on any atom is -0.399 e. The van der Waals surface area contributed by atoms with Gasteiger partial charge in [-0.3, -0.25) is 4.98 Å². The first-order chi connectivity index (χ1) is 17.1. The van der Waals surface area contributed by atoms with E-state index in [0.29, 0.717) is 0 Å². The highest BCUT2D eigenvalue weighted by Gasteiger charge is 2.51. The minimum atomic E-state index is -0.366. The van der Waals surface area contributed by atoms with Gasteiger partial charge in [0.05, 0.1) is 16.9 Å². The van der Waals surface area contributed by atoms with Gasteiger partial charge in [0.1, 0.15) is 0 Å². The Morgan fingerprint density at radius 2 is 1.22 bits per heavy atom. The molecule has 2 aliphatic rings. The van der Waals surface area contributed by atoms with E-state index in [2.05, 4.69) is 113 Å². The molecular weight excluding hydrogens is 441 g/mol. The minimum absolute atomic E-state index is 0.102. The molecule has 0 bridgehead atoms. The molecule has 1 fully saturated rings. The molecule has 3 nitrogen and oxygen atoms in total. The molecule has 180 valence electrons. The van der Waals surface area contributed by atoms with E-state index < -0.39 is 0 Å². The van der Waals surface area contributed by atoms with Gasteiger partial charge in [-0.1, -0.05) is 68.4 Å². The topological polar surface area (TPSA) is 31.4 Å². The third-order valence-electron chi connectivity index (χ3n) is 8.38. The van der Waals surface area contributed by atoms with Crippen molar-refractivity contribution in [3.63, 3.8) is 0 Å². The lowest BCUT2D eigenvalue weighted by Gasteiger charge is -2.32. The monoisotopic (exact) mass is 473 g/mol. The van der Waals surface area contributed by atoms with Gasteiger partial charge in [0.15, 0.2) is 0 Å². The zero-order valence-corrected chi connectivity index (χ0v) is 21.9. The molecule has 0 spiro atoms. The van der Waals surface area contributed by atoms with Gasteiger partial charge in [0.25, 0.3) is 0 Å². The van der Waals surface area contributed by atoms with Crippen molar-refractivity contribution in [3.05, 3.63) is 96.2 Å². The summed E-state index contributed by atoms with van der Waals surface area (Å²) in [6.07, 6.45) is 1.85. The fourth-order valence-electron chi connectivity index (χ4n) is 5.45. The van der Waals surface area contributed by atoms with Gasteiger partial charge in [-0.05, 0) is 90.8 Å². The molecule has 0 amide bonds. The van der Waals surface area contributed by atoms with Crippen molar-refractivity contribution in [1.82, 2.24) is 4.98 Å². The largest absolute Gasteiger partial charge is 0.494 e. The Morgan fingerprint density at radius 3 is 1.86 bits per heavy atom. The van der Waals surface area contributed by atoms with Gasteiger partial charge in [-0.2, -0.15) is 0 Å². The number of nitrogens with zero attached hydrogens (tertiary/aromatic N) is 1. The molecule has 1 aliphatic carbocycles. The Morgan fingerprint density at radius 1 is 0.611 bits per heavy atom. The first-order valence-corrected chi connectivity index (χ1v) is 12.7. The summed E-state index contributed by atoms with van der Waals surface area (Å²) in [6.45, 7) is 13.0. The molecule has 0 N–H and O–H groups in total. The number of benzene rings is 3. The maximum atomic E-state index is 6.31.